The molecule has 4 rings (SSSR count). The Morgan fingerprint density at radius 2 is 1.64 bits per heavy atom. The topological polar surface area (TPSA) is 96.0 Å². The molecule has 0 atom stereocenters. The number of hydrogen-bond donors (Lipinski definition) is 1. The van der Waals surface area contributed by atoms with Crippen LogP contribution in [-0.2, 0) is 14.8 Å². The van der Waals surface area contributed by atoms with Gasteiger partial charge in [0.2, 0.25) is 5.91 Å². The summed E-state index contributed by atoms with van der Waals surface area (Å²) >= 11 is 6.31. The molecular formula is C29H32ClN3O5S. The van der Waals surface area contributed by atoms with Crippen LogP contribution in [-0.4, -0.2) is 51.9 Å². The van der Waals surface area contributed by atoms with Gasteiger partial charge in [0.25, 0.3) is 15.9 Å². The molecule has 1 aliphatic heterocycles. The van der Waals surface area contributed by atoms with E-state index in [9.17, 15) is 18.0 Å². The van der Waals surface area contributed by atoms with Crippen molar-refractivity contribution in [1.82, 2.24) is 4.90 Å². The summed E-state index contributed by atoms with van der Waals surface area (Å²) in [6.45, 7) is 2.66. The molecule has 1 N–H and O–H groups in total. The number of benzene rings is 3. The van der Waals surface area contributed by atoms with Gasteiger partial charge in [-0.15, -0.1) is 0 Å². The fraction of sp³-hybridized carbons (Fsp3) is 0.310. The van der Waals surface area contributed by atoms with Gasteiger partial charge in [-0.2, -0.15) is 0 Å². The van der Waals surface area contributed by atoms with Crippen LogP contribution in [0.5, 0.6) is 5.75 Å². The summed E-state index contributed by atoms with van der Waals surface area (Å²) in [6, 6.07) is 17.7. The van der Waals surface area contributed by atoms with Crippen molar-refractivity contribution in [2.24, 2.45) is 0 Å². The van der Waals surface area contributed by atoms with Crippen LogP contribution < -0.4 is 14.4 Å². The van der Waals surface area contributed by atoms with E-state index in [0.717, 1.165) is 35.6 Å². The number of nitrogens with zero attached hydrogens (tertiary/aromatic N) is 2. The number of anilines is 2. The monoisotopic (exact) mass is 569 g/mol. The highest BCUT2D eigenvalue weighted by Gasteiger charge is 2.29. The molecule has 0 aliphatic carbocycles. The Kier molecular flexibility index (Phi) is 9.14. The zero-order chi connectivity index (χ0) is 28.0. The maximum atomic E-state index is 13.7. The van der Waals surface area contributed by atoms with Gasteiger partial charge in [0.1, 0.15) is 12.3 Å². The first-order chi connectivity index (χ1) is 18.7. The largest absolute Gasteiger partial charge is 0.495 e. The SMILES string of the molecule is COc1ccc(N(CC(=O)Nc2ccccc2C(=O)N2CCCCCC2)S(=O)(=O)c2ccc(C)cc2)cc1Cl. The maximum absolute atomic E-state index is 13.7. The second kappa shape index (κ2) is 12.5. The van der Waals surface area contributed by atoms with E-state index in [1.54, 1.807) is 42.5 Å². The lowest BCUT2D eigenvalue weighted by atomic mass is 10.1. The molecule has 2 amide bonds. The summed E-state index contributed by atoms with van der Waals surface area (Å²) in [5.41, 5.74) is 1.80. The molecule has 1 fully saturated rings. The van der Waals surface area contributed by atoms with E-state index in [-0.39, 0.29) is 21.5 Å². The molecule has 0 saturated carbocycles. The van der Waals surface area contributed by atoms with Crippen LogP contribution in [0.25, 0.3) is 0 Å². The zero-order valence-corrected chi connectivity index (χ0v) is 23.6. The highest BCUT2D eigenvalue weighted by atomic mass is 35.5. The maximum Gasteiger partial charge on any atom is 0.264 e. The van der Waals surface area contributed by atoms with E-state index < -0.39 is 22.5 Å². The van der Waals surface area contributed by atoms with Gasteiger partial charge >= 0.3 is 0 Å². The fourth-order valence-corrected chi connectivity index (χ4v) is 6.17. The second-order valence-electron chi connectivity index (χ2n) is 9.44. The Balaban J connectivity index is 1.63. The van der Waals surface area contributed by atoms with E-state index in [2.05, 4.69) is 5.32 Å². The Labute approximate surface area is 234 Å². The molecular weight excluding hydrogens is 538 g/mol. The highest BCUT2D eigenvalue weighted by Crippen LogP contribution is 2.32. The van der Waals surface area contributed by atoms with Crippen LogP contribution in [0.15, 0.2) is 71.6 Å². The van der Waals surface area contributed by atoms with E-state index in [1.165, 1.54) is 31.4 Å². The van der Waals surface area contributed by atoms with Crippen LogP contribution in [0, 0.1) is 6.92 Å². The van der Waals surface area contributed by atoms with Crippen molar-refractivity contribution < 1.29 is 22.7 Å². The molecule has 206 valence electrons. The lowest BCUT2D eigenvalue weighted by molar-refractivity contribution is -0.114. The van der Waals surface area contributed by atoms with Gasteiger partial charge in [0.15, 0.2) is 0 Å². The van der Waals surface area contributed by atoms with Crippen molar-refractivity contribution in [3.8, 4) is 5.75 Å². The van der Waals surface area contributed by atoms with Crippen LogP contribution in [0.4, 0.5) is 11.4 Å². The minimum Gasteiger partial charge on any atom is -0.495 e. The van der Waals surface area contributed by atoms with Crippen molar-refractivity contribution in [2.75, 3.05) is 36.4 Å². The number of carbonyl (C=O) groups is 2. The number of methoxy groups -OCH3 is 1. The number of sulfonamides is 1. The number of hydrogen-bond acceptors (Lipinski definition) is 5. The van der Waals surface area contributed by atoms with E-state index in [1.807, 2.05) is 11.8 Å². The van der Waals surface area contributed by atoms with E-state index >= 15 is 0 Å². The quantitative estimate of drug-likeness (QED) is 0.386. The van der Waals surface area contributed by atoms with Crippen LogP contribution >= 0.6 is 11.6 Å². The van der Waals surface area contributed by atoms with Gasteiger partial charge in [-0.3, -0.25) is 13.9 Å². The zero-order valence-electron chi connectivity index (χ0n) is 22.0. The molecule has 3 aromatic rings. The smallest absolute Gasteiger partial charge is 0.264 e. The summed E-state index contributed by atoms with van der Waals surface area (Å²) in [5.74, 6) is -0.383. The number of para-hydroxylation sites is 1. The number of ether oxygens (including phenoxy) is 1. The summed E-state index contributed by atoms with van der Waals surface area (Å²) in [6.07, 6.45) is 4.05. The number of amides is 2. The summed E-state index contributed by atoms with van der Waals surface area (Å²) in [5, 5.41) is 2.97. The third-order valence-electron chi connectivity index (χ3n) is 6.64. The Morgan fingerprint density at radius 1 is 0.974 bits per heavy atom. The third kappa shape index (κ3) is 6.72. The fourth-order valence-electron chi connectivity index (χ4n) is 4.51. The van der Waals surface area contributed by atoms with Crippen molar-refractivity contribution in [3.05, 3.63) is 82.9 Å². The van der Waals surface area contributed by atoms with Gasteiger partial charge < -0.3 is 15.0 Å². The standard InChI is InChI=1S/C29H32ClN3O5S/c1-21-11-14-23(15-12-21)39(36,37)33(22-13-16-27(38-2)25(30)19-22)20-28(34)31-26-10-6-5-9-24(26)29(35)32-17-7-3-4-8-18-32/h5-6,9-16,19H,3-4,7-8,17-18,20H2,1-2H3,(H,31,34). The molecule has 0 bridgehead atoms. The Morgan fingerprint density at radius 3 is 2.28 bits per heavy atom. The number of likely N-dealkylation sites (tertiary alicyclic amines) is 1. The Hall–Kier alpha value is -3.56. The summed E-state index contributed by atoms with van der Waals surface area (Å²) in [7, 11) is -2.69. The molecule has 1 heterocycles. The van der Waals surface area contributed by atoms with Crippen molar-refractivity contribution in [2.45, 2.75) is 37.5 Å². The molecule has 0 radical (unpaired) electrons. The lowest BCUT2D eigenvalue weighted by Crippen LogP contribution is -2.38. The predicted molar refractivity (Wildman–Crippen MR) is 153 cm³/mol. The van der Waals surface area contributed by atoms with Gasteiger partial charge in [0.05, 0.1) is 34.0 Å². The lowest BCUT2D eigenvalue weighted by Gasteiger charge is -2.25. The number of aryl methyl sites for hydroxylation is 1. The normalized spacial score (nSPS) is 13.9. The molecule has 8 nitrogen and oxygen atoms in total. The second-order valence-corrected chi connectivity index (χ2v) is 11.7. The predicted octanol–water partition coefficient (Wildman–Crippen LogP) is 5.51. The van der Waals surface area contributed by atoms with Gasteiger partial charge in [-0.1, -0.05) is 54.3 Å². The molecule has 10 heteroatoms. The third-order valence-corrected chi connectivity index (χ3v) is 8.73. The van der Waals surface area contributed by atoms with Gasteiger partial charge in [-0.25, -0.2) is 8.42 Å². The molecule has 39 heavy (non-hydrogen) atoms. The summed E-state index contributed by atoms with van der Waals surface area (Å²) in [4.78, 5) is 28.5. The van der Waals surface area contributed by atoms with Crippen LogP contribution in [0.2, 0.25) is 5.02 Å². The van der Waals surface area contributed by atoms with Crippen molar-refractivity contribution in [1.29, 1.82) is 0 Å². The van der Waals surface area contributed by atoms with Crippen molar-refractivity contribution >= 4 is 44.8 Å². The molecule has 1 saturated heterocycles. The van der Waals surface area contributed by atoms with E-state index in [0.29, 0.717) is 30.1 Å². The molecule has 3 aromatic carbocycles. The van der Waals surface area contributed by atoms with E-state index in [4.69, 9.17) is 16.3 Å². The number of carbonyl (C=O) groups excluding carboxylic acids is 2. The minimum absolute atomic E-state index is 0.0320. The van der Waals surface area contributed by atoms with Crippen LogP contribution in [0.3, 0.4) is 0 Å². The first kappa shape index (κ1) is 28.4. The average Bonchev–Trinajstić information content (AvgIpc) is 3.21. The first-order valence-corrected chi connectivity index (χ1v) is 14.6. The van der Waals surface area contributed by atoms with Gasteiger partial charge in [-0.05, 0) is 62.2 Å². The van der Waals surface area contributed by atoms with Crippen molar-refractivity contribution in [3.63, 3.8) is 0 Å². The molecule has 0 spiro atoms. The molecule has 0 aromatic heterocycles. The van der Waals surface area contributed by atoms with Gasteiger partial charge in [0, 0.05) is 13.1 Å². The first-order valence-electron chi connectivity index (χ1n) is 12.8. The minimum atomic E-state index is -4.14. The number of nitrogens with one attached hydrogen (secondary N) is 1. The highest BCUT2D eigenvalue weighted by molar-refractivity contribution is 7.92. The summed E-state index contributed by atoms with van der Waals surface area (Å²) < 4.78 is 33.6. The number of halogens is 1. The van der Waals surface area contributed by atoms with Crippen LogP contribution in [0.1, 0.15) is 41.6 Å². The Bertz CT molecular complexity index is 1440. The average molecular weight is 570 g/mol. The molecule has 1 aliphatic rings. The number of rotatable bonds is 8. The molecule has 0 unspecified atom stereocenters.